The Bertz CT molecular complexity index is 256. The molecule has 0 aromatic rings. The van der Waals surface area contributed by atoms with Crippen LogP contribution in [0.1, 0.15) is 6.42 Å². The minimum atomic E-state index is -0.243. The second-order valence-corrected chi connectivity index (χ2v) is 3.01. The molecule has 76 valence electrons. The third kappa shape index (κ3) is 4.05. The molecule has 1 unspecified atom stereocenters. The van der Waals surface area contributed by atoms with E-state index in [-0.39, 0.29) is 25.2 Å². The minimum Gasteiger partial charge on any atom is -0.461 e. The van der Waals surface area contributed by atoms with Gasteiger partial charge in [-0.3, -0.25) is 4.79 Å². The van der Waals surface area contributed by atoms with E-state index in [1.165, 1.54) is 0 Å². The zero-order valence-electron chi connectivity index (χ0n) is 8.11. The van der Waals surface area contributed by atoms with Crippen LogP contribution < -0.4 is 5.32 Å². The Labute approximate surface area is 84.1 Å². The summed E-state index contributed by atoms with van der Waals surface area (Å²) >= 11 is 0. The highest BCUT2D eigenvalue weighted by Crippen LogP contribution is 2.01. The molecular weight excluding hydrogens is 178 g/mol. The minimum absolute atomic E-state index is 0.243. The molecule has 0 saturated heterocycles. The SMILES string of the molecule is C=CCOC(=O)CNC1C=CC=CC1. The number of hydrogen-bond acceptors (Lipinski definition) is 3. The first-order chi connectivity index (χ1) is 6.83. The summed E-state index contributed by atoms with van der Waals surface area (Å²) in [5.74, 6) is -0.243. The number of ether oxygens (including phenoxy) is 1. The van der Waals surface area contributed by atoms with E-state index in [4.69, 9.17) is 4.74 Å². The predicted octanol–water partition coefficient (Wildman–Crippen LogP) is 1.19. The summed E-state index contributed by atoms with van der Waals surface area (Å²) in [5, 5.41) is 3.08. The van der Waals surface area contributed by atoms with Gasteiger partial charge >= 0.3 is 5.97 Å². The molecule has 0 aromatic carbocycles. The molecule has 1 aliphatic carbocycles. The number of rotatable bonds is 5. The van der Waals surface area contributed by atoms with E-state index in [0.29, 0.717) is 0 Å². The van der Waals surface area contributed by atoms with Crippen molar-refractivity contribution in [3.8, 4) is 0 Å². The Hall–Kier alpha value is -1.35. The number of esters is 1. The van der Waals surface area contributed by atoms with E-state index in [1.807, 2.05) is 18.2 Å². The number of carbonyl (C=O) groups is 1. The highest BCUT2D eigenvalue weighted by atomic mass is 16.5. The Kier molecular flexibility index (Phi) is 4.72. The molecular formula is C11H15NO2. The first-order valence-corrected chi connectivity index (χ1v) is 4.66. The van der Waals surface area contributed by atoms with Gasteiger partial charge in [0.15, 0.2) is 0 Å². The van der Waals surface area contributed by atoms with E-state index >= 15 is 0 Å². The van der Waals surface area contributed by atoms with E-state index in [0.717, 1.165) is 6.42 Å². The van der Waals surface area contributed by atoms with Crippen molar-refractivity contribution in [2.45, 2.75) is 12.5 Å². The van der Waals surface area contributed by atoms with Gasteiger partial charge in [0.25, 0.3) is 0 Å². The van der Waals surface area contributed by atoms with Crippen molar-refractivity contribution in [1.82, 2.24) is 5.32 Å². The lowest BCUT2D eigenvalue weighted by atomic mass is 10.1. The molecule has 0 fully saturated rings. The van der Waals surface area contributed by atoms with Crippen LogP contribution in [-0.2, 0) is 9.53 Å². The molecule has 3 heteroatoms. The largest absolute Gasteiger partial charge is 0.461 e. The van der Waals surface area contributed by atoms with Crippen LogP contribution in [0.3, 0.4) is 0 Å². The predicted molar refractivity (Wildman–Crippen MR) is 55.8 cm³/mol. The Morgan fingerprint density at radius 3 is 3.14 bits per heavy atom. The van der Waals surface area contributed by atoms with Gasteiger partial charge in [-0.1, -0.05) is 37.0 Å². The molecule has 0 saturated carbocycles. The monoisotopic (exact) mass is 193 g/mol. The molecule has 0 amide bonds. The second-order valence-electron chi connectivity index (χ2n) is 3.01. The van der Waals surface area contributed by atoms with Gasteiger partial charge in [-0.15, -0.1) is 0 Å². The molecule has 1 aliphatic rings. The maximum atomic E-state index is 11.1. The highest BCUT2D eigenvalue weighted by molar-refractivity contribution is 5.71. The Balaban J connectivity index is 2.13. The lowest BCUT2D eigenvalue weighted by molar-refractivity contribution is -0.141. The molecule has 1 rings (SSSR count). The van der Waals surface area contributed by atoms with Crippen LogP contribution >= 0.6 is 0 Å². The van der Waals surface area contributed by atoms with Gasteiger partial charge < -0.3 is 10.1 Å². The average molecular weight is 193 g/mol. The van der Waals surface area contributed by atoms with Gasteiger partial charge in [-0.05, 0) is 6.42 Å². The smallest absolute Gasteiger partial charge is 0.320 e. The van der Waals surface area contributed by atoms with Crippen LogP contribution in [0, 0.1) is 0 Å². The second kappa shape index (κ2) is 6.16. The molecule has 0 bridgehead atoms. The van der Waals surface area contributed by atoms with Gasteiger partial charge in [0.05, 0.1) is 6.54 Å². The first kappa shape index (κ1) is 10.7. The van der Waals surface area contributed by atoms with Crippen molar-refractivity contribution >= 4 is 5.97 Å². The van der Waals surface area contributed by atoms with Crippen LogP contribution in [0.4, 0.5) is 0 Å². The molecule has 0 radical (unpaired) electrons. The zero-order valence-corrected chi connectivity index (χ0v) is 8.11. The Morgan fingerprint density at radius 1 is 1.64 bits per heavy atom. The topological polar surface area (TPSA) is 38.3 Å². The van der Waals surface area contributed by atoms with E-state index < -0.39 is 0 Å². The van der Waals surface area contributed by atoms with Gasteiger partial charge in [-0.25, -0.2) is 0 Å². The summed E-state index contributed by atoms with van der Waals surface area (Å²) in [5.41, 5.74) is 0. The number of carbonyl (C=O) groups excluding carboxylic acids is 1. The van der Waals surface area contributed by atoms with E-state index in [9.17, 15) is 4.79 Å². The van der Waals surface area contributed by atoms with Crippen LogP contribution in [-0.4, -0.2) is 25.2 Å². The maximum Gasteiger partial charge on any atom is 0.320 e. The van der Waals surface area contributed by atoms with Crippen molar-refractivity contribution in [3.63, 3.8) is 0 Å². The summed E-state index contributed by atoms with van der Waals surface area (Å²) in [4.78, 5) is 11.1. The summed E-state index contributed by atoms with van der Waals surface area (Å²) in [6, 6.07) is 0.247. The molecule has 3 nitrogen and oxygen atoms in total. The van der Waals surface area contributed by atoms with Gasteiger partial charge in [0.1, 0.15) is 6.61 Å². The third-order valence-electron chi connectivity index (χ3n) is 1.85. The number of hydrogen-bond donors (Lipinski definition) is 1. The van der Waals surface area contributed by atoms with Gasteiger partial charge in [0, 0.05) is 6.04 Å². The third-order valence-corrected chi connectivity index (χ3v) is 1.85. The molecule has 0 aromatic heterocycles. The van der Waals surface area contributed by atoms with Gasteiger partial charge in [-0.2, -0.15) is 0 Å². The fourth-order valence-electron chi connectivity index (χ4n) is 1.15. The summed E-state index contributed by atoms with van der Waals surface area (Å²) in [7, 11) is 0. The summed E-state index contributed by atoms with van der Waals surface area (Å²) in [6.45, 7) is 3.99. The standard InChI is InChI=1S/C11H15NO2/c1-2-8-14-11(13)9-12-10-6-4-3-5-7-10/h2-6,10,12H,1,7-9H2. The van der Waals surface area contributed by atoms with Crippen LogP contribution in [0.2, 0.25) is 0 Å². The van der Waals surface area contributed by atoms with E-state index in [2.05, 4.69) is 18.0 Å². The highest BCUT2D eigenvalue weighted by Gasteiger charge is 2.07. The van der Waals surface area contributed by atoms with E-state index in [1.54, 1.807) is 6.08 Å². The number of nitrogens with one attached hydrogen (secondary N) is 1. The first-order valence-electron chi connectivity index (χ1n) is 4.66. The molecule has 0 heterocycles. The fourth-order valence-corrected chi connectivity index (χ4v) is 1.15. The summed E-state index contributed by atoms with van der Waals surface area (Å²) in [6.07, 6.45) is 10.5. The normalized spacial score (nSPS) is 19.3. The molecule has 1 N–H and O–H groups in total. The van der Waals surface area contributed by atoms with Crippen molar-refractivity contribution in [3.05, 3.63) is 37.0 Å². The van der Waals surface area contributed by atoms with Crippen LogP contribution in [0.15, 0.2) is 37.0 Å². The van der Waals surface area contributed by atoms with Crippen molar-refractivity contribution in [2.75, 3.05) is 13.2 Å². The Morgan fingerprint density at radius 2 is 2.50 bits per heavy atom. The van der Waals surface area contributed by atoms with Crippen molar-refractivity contribution < 1.29 is 9.53 Å². The molecule has 0 spiro atoms. The molecule has 1 atom stereocenters. The zero-order chi connectivity index (χ0) is 10.2. The van der Waals surface area contributed by atoms with Crippen molar-refractivity contribution in [1.29, 1.82) is 0 Å². The lowest BCUT2D eigenvalue weighted by Gasteiger charge is -2.13. The van der Waals surface area contributed by atoms with Crippen LogP contribution in [0.25, 0.3) is 0 Å². The molecule has 0 aliphatic heterocycles. The van der Waals surface area contributed by atoms with Crippen molar-refractivity contribution in [2.24, 2.45) is 0 Å². The number of allylic oxidation sites excluding steroid dienone is 2. The lowest BCUT2D eigenvalue weighted by Crippen LogP contribution is -2.33. The quantitative estimate of drug-likeness (QED) is 0.526. The molecule has 14 heavy (non-hydrogen) atoms. The van der Waals surface area contributed by atoms with Crippen LogP contribution in [0.5, 0.6) is 0 Å². The van der Waals surface area contributed by atoms with Gasteiger partial charge in [0.2, 0.25) is 0 Å². The average Bonchev–Trinajstić information content (AvgIpc) is 2.25. The fraction of sp³-hybridized carbons (Fsp3) is 0.364. The maximum absolute atomic E-state index is 11.1. The summed E-state index contributed by atoms with van der Waals surface area (Å²) < 4.78 is 4.82.